The third kappa shape index (κ3) is 2.60. The number of nitrogens with zero attached hydrogens (tertiary/aromatic N) is 1. The van der Waals surface area contributed by atoms with Gasteiger partial charge in [-0.15, -0.1) is 23.2 Å². The minimum Gasteiger partial charge on any atom is -0.274 e. The van der Waals surface area contributed by atoms with E-state index >= 15 is 0 Å². The maximum absolute atomic E-state index is 11.9. The summed E-state index contributed by atoms with van der Waals surface area (Å²) in [5, 5.41) is 0. The number of hydrogen-bond acceptors (Lipinski definition) is 4. The number of carbonyl (C=O) groups is 1. The van der Waals surface area contributed by atoms with Crippen LogP contribution in [0.4, 0.5) is 0 Å². The van der Waals surface area contributed by atoms with Crippen LogP contribution in [0.25, 0.3) is 0 Å². The van der Waals surface area contributed by atoms with Crippen molar-refractivity contribution in [1.82, 2.24) is 9.71 Å². The lowest BCUT2D eigenvalue weighted by molar-refractivity contribution is -0.120. The zero-order chi connectivity index (χ0) is 13.6. The Balaban J connectivity index is 2.19. The molecule has 1 fully saturated rings. The van der Waals surface area contributed by atoms with Crippen molar-refractivity contribution in [2.24, 2.45) is 5.92 Å². The number of rotatable bonds is 3. The number of nitrogens with one attached hydrogen (secondary N) is 1. The van der Waals surface area contributed by atoms with Gasteiger partial charge in [-0.05, 0) is 25.0 Å². The van der Waals surface area contributed by atoms with Crippen LogP contribution in [0.2, 0.25) is 0 Å². The predicted molar refractivity (Wildman–Crippen MR) is 66.8 cm³/mol. The molecular weight excluding hydrogens is 299 g/mol. The molecule has 1 amide bonds. The Morgan fingerprint density at radius 2 is 2.17 bits per heavy atom. The lowest BCUT2D eigenvalue weighted by Crippen LogP contribution is -2.33. The second-order valence-electron chi connectivity index (χ2n) is 4.13. The highest BCUT2D eigenvalue weighted by molar-refractivity contribution is 7.90. The van der Waals surface area contributed by atoms with Crippen molar-refractivity contribution >= 4 is 39.1 Å². The molecule has 1 aliphatic rings. The zero-order valence-corrected chi connectivity index (χ0v) is 11.7. The molecule has 8 heteroatoms. The van der Waals surface area contributed by atoms with Gasteiger partial charge in [-0.25, -0.2) is 13.1 Å². The fourth-order valence-electron chi connectivity index (χ4n) is 1.49. The highest BCUT2D eigenvalue weighted by atomic mass is 35.5. The lowest BCUT2D eigenvalue weighted by atomic mass is 10.3. The molecule has 18 heavy (non-hydrogen) atoms. The molecule has 0 aliphatic heterocycles. The average Bonchev–Trinajstić information content (AvgIpc) is 2.87. The number of amides is 1. The van der Waals surface area contributed by atoms with Gasteiger partial charge in [-0.3, -0.25) is 9.78 Å². The summed E-state index contributed by atoms with van der Waals surface area (Å²) in [4.78, 5) is 15.3. The van der Waals surface area contributed by atoms with Crippen LogP contribution < -0.4 is 4.72 Å². The first-order valence-corrected chi connectivity index (χ1v) is 7.33. The van der Waals surface area contributed by atoms with E-state index in [0.29, 0.717) is 5.56 Å². The van der Waals surface area contributed by atoms with Crippen molar-refractivity contribution < 1.29 is 13.2 Å². The molecule has 98 valence electrons. The van der Waals surface area contributed by atoms with Gasteiger partial charge in [0, 0.05) is 12.4 Å². The third-order valence-corrected chi connectivity index (χ3v) is 4.97. The van der Waals surface area contributed by atoms with E-state index in [2.05, 4.69) is 4.98 Å². The maximum Gasteiger partial charge on any atom is 0.265 e. The monoisotopic (exact) mass is 308 g/mol. The first-order valence-electron chi connectivity index (χ1n) is 5.09. The molecule has 1 atom stereocenters. The van der Waals surface area contributed by atoms with Gasteiger partial charge < -0.3 is 0 Å². The van der Waals surface area contributed by atoms with Crippen molar-refractivity contribution in [3.05, 3.63) is 24.0 Å². The van der Waals surface area contributed by atoms with E-state index in [1.165, 1.54) is 12.4 Å². The summed E-state index contributed by atoms with van der Waals surface area (Å²) in [7, 11) is -3.92. The van der Waals surface area contributed by atoms with E-state index in [-0.39, 0.29) is 11.3 Å². The number of carbonyl (C=O) groups excluding carboxylic acids is 1. The molecule has 1 heterocycles. The Morgan fingerprint density at radius 1 is 1.56 bits per heavy atom. The number of aryl methyl sites for hydroxylation is 1. The summed E-state index contributed by atoms with van der Waals surface area (Å²) < 4.78 is 24.7. The highest BCUT2D eigenvalue weighted by Gasteiger charge is 2.57. The van der Waals surface area contributed by atoms with Gasteiger partial charge in [-0.1, -0.05) is 0 Å². The van der Waals surface area contributed by atoms with Crippen LogP contribution in [-0.2, 0) is 14.8 Å². The standard InChI is InChI=1S/C10H10Cl2N2O3S/c1-6-2-3-13-5-8(6)18(16,17)14-9(15)7-4-10(7,11)12/h2-3,5,7H,4H2,1H3,(H,14,15). The van der Waals surface area contributed by atoms with Crippen molar-refractivity contribution in [2.75, 3.05) is 0 Å². The predicted octanol–water partition coefficient (Wildman–Crippen LogP) is 1.39. The number of sulfonamides is 1. The fourth-order valence-corrected chi connectivity index (χ4v) is 3.20. The van der Waals surface area contributed by atoms with E-state index in [1.54, 1.807) is 13.0 Å². The Kier molecular flexibility index (Phi) is 3.29. The summed E-state index contributed by atoms with van der Waals surface area (Å²) in [5.74, 6) is -1.38. The SMILES string of the molecule is Cc1ccncc1S(=O)(=O)NC(=O)C1CC1(Cl)Cl. The molecule has 1 aromatic heterocycles. The highest BCUT2D eigenvalue weighted by Crippen LogP contribution is 2.53. The lowest BCUT2D eigenvalue weighted by Gasteiger charge is -2.08. The Labute approximate surface area is 115 Å². The van der Waals surface area contributed by atoms with Gasteiger partial charge in [0.2, 0.25) is 5.91 Å². The fraction of sp³-hybridized carbons (Fsp3) is 0.400. The summed E-state index contributed by atoms with van der Waals surface area (Å²) in [6, 6.07) is 1.55. The van der Waals surface area contributed by atoms with Crippen LogP contribution in [-0.4, -0.2) is 23.6 Å². The van der Waals surface area contributed by atoms with Crippen molar-refractivity contribution in [3.8, 4) is 0 Å². The first-order chi connectivity index (χ1) is 8.24. The second kappa shape index (κ2) is 4.36. The summed E-state index contributed by atoms with van der Waals surface area (Å²) >= 11 is 11.4. The van der Waals surface area contributed by atoms with Gasteiger partial charge in [0.05, 0.1) is 5.92 Å². The van der Waals surface area contributed by atoms with Crippen molar-refractivity contribution in [1.29, 1.82) is 0 Å². The van der Waals surface area contributed by atoms with Crippen LogP contribution in [0.3, 0.4) is 0 Å². The number of pyridine rings is 1. The molecule has 2 rings (SSSR count). The number of halogens is 2. The molecule has 0 saturated heterocycles. The Morgan fingerprint density at radius 3 is 2.67 bits per heavy atom. The minimum atomic E-state index is -3.92. The van der Waals surface area contributed by atoms with E-state index in [4.69, 9.17) is 23.2 Å². The van der Waals surface area contributed by atoms with Crippen LogP contribution in [0.5, 0.6) is 0 Å². The summed E-state index contributed by atoms with van der Waals surface area (Å²) in [5.41, 5.74) is 0.504. The van der Waals surface area contributed by atoms with Crippen molar-refractivity contribution in [3.63, 3.8) is 0 Å². The van der Waals surface area contributed by atoms with E-state index < -0.39 is 26.2 Å². The maximum atomic E-state index is 11.9. The Bertz CT molecular complexity index is 601. The molecule has 1 aliphatic carbocycles. The van der Waals surface area contributed by atoms with Gasteiger partial charge >= 0.3 is 0 Å². The molecule has 0 bridgehead atoms. The summed E-state index contributed by atoms with van der Waals surface area (Å²) in [6.45, 7) is 1.62. The number of hydrogen-bond donors (Lipinski definition) is 1. The molecular formula is C10H10Cl2N2O3S. The van der Waals surface area contributed by atoms with Gasteiger partial charge in [0.25, 0.3) is 10.0 Å². The molecule has 1 saturated carbocycles. The second-order valence-corrected chi connectivity index (χ2v) is 7.32. The van der Waals surface area contributed by atoms with Crippen LogP contribution in [0.15, 0.2) is 23.4 Å². The van der Waals surface area contributed by atoms with E-state index in [0.717, 1.165) is 0 Å². The third-order valence-electron chi connectivity index (χ3n) is 2.66. The van der Waals surface area contributed by atoms with Gasteiger partial charge in [0.15, 0.2) is 0 Å². The van der Waals surface area contributed by atoms with Crippen molar-refractivity contribution in [2.45, 2.75) is 22.6 Å². The minimum absolute atomic E-state index is 0.0336. The Hall–Kier alpha value is -0.850. The first kappa shape index (κ1) is 13.6. The molecule has 1 N–H and O–H groups in total. The molecule has 0 spiro atoms. The molecule has 0 radical (unpaired) electrons. The van der Waals surface area contributed by atoms with Gasteiger partial charge in [-0.2, -0.15) is 0 Å². The molecule has 1 unspecified atom stereocenters. The number of alkyl halides is 2. The molecule has 5 nitrogen and oxygen atoms in total. The van der Waals surface area contributed by atoms with Crippen LogP contribution in [0.1, 0.15) is 12.0 Å². The largest absolute Gasteiger partial charge is 0.274 e. The quantitative estimate of drug-likeness (QED) is 0.856. The molecule has 1 aromatic rings. The summed E-state index contributed by atoms with van der Waals surface area (Å²) in [6.07, 6.45) is 2.91. The zero-order valence-electron chi connectivity index (χ0n) is 9.35. The van der Waals surface area contributed by atoms with E-state index in [1.807, 2.05) is 4.72 Å². The molecule has 0 aromatic carbocycles. The smallest absolute Gasteiger partial charge is 0.265 e. The topological polar surface area (TPSA) is 76.1 Å². The van der Waals surface area contributed by atoms with Gasteiger partial charge in [0.1, 0.15) is 9.23 Å². The van der Waals surface area contributed by atoms with E-state index in [9.17, 15) is 13.2 Å². The van der Waals surface area contributed by atoms with Crippen LogP contribution >= 0.6 is 23.2 Å². The number of aromatic nitrogens is 1. The van der Waals surface area contributed by atoms with Crippen LogP contribution in [0, 0.1) is 12.8 Å². The average molecular weight is 309 g/mol. The normalized spacial score (nSPS) is 21.4.